The van der Waals surface area contributed by atoms with Crippen molar-refractivity contribution in [3.8, 4) is 0 Å². The van der Waals surface area contributed by atoms with Crippen molar-refractivity contribution >= 4 is 5.78 Å². The fourth-order valence-corrected chi connectivity index (χ4v) is 2.14. The molecular formula is C11H17N3O. The number of ketones is 1. The van der Waals surface area contributed by atoms with E-state index in [1.165, 1.54) is 6.42 Å². The van der Waals surface area contributed by atoms with Crippen LogP contribution in [0.2, 0.25) is 0 Å². The van der Waals surface area contributed by atoms with E-state index in [1.54, 1.807) is 17.1 Å². The standard InChI is InChI=1S/C11H17N3O/c1-14-7-9(6-13-14)10(15)5-11(8-12)3-2-4-11/h6-7H,2-5,8,12H2,1H3. The molecule has 0 atom stereocenters. The molecule has 1 aromatic heterocycles. The van der Waals surface area contributed by atoms with Crippen molar-refractivity contribution in [3.05, 3.63) is 18.0 Å². The van der Waals surface area contributed by atoms with Crippen LogP contribution in [0.15, 0.2) is 12.4 Å². The number of Topliss-reactive ketones (excluding diaryl/α,β-unsaturated/α-hetero) is 1. The van der Waals surface area contributed by atoms with Crippen molar-refractivity contribution in [2.24, 2.45) is 18.2 Å². The first-order chi connectivity index (χ1) is 7.15. The van der Waals surface area contributed by atoms with E-state index in [4.69, 9.17) is 5.73 Å². The maximum atomic E-state index is 11.9. The predicted octanol–water partition coefficient (Wildman–Crippen LogP) is 1.12. The molecule has 0 bridgehead atoms. The summed E-state index contributed by atoms with van der Waals surface area (Å²) in [6.07, 6.45) is 7.37. The maximum Gasteiger partial charge on any atom is 0.166 e. The highest BCUT2D eigenvalue weighted by Crippen LogP contribution is 2.43. The highest BCUT2D eigenvalue weighted by molar-refractivity contribution is 5.96. The Morgan fingerprint density at radius 2 is 2.40 bits per heavy atom. The van der Waals surface area contributed by atoms with Crippen LogP contribution >= 0.6 is 0 Å². The molecule has 2 rings (SSSR count). The van der Waals surface area contributed by atoms with Gasteiger partial charge in [0.15, 0.2) is 5.78 Å². The van der Waals surface area contributed by atoms with Gasteiger partial charge in [0.05, 0.1) is 11.8 Å². The number of nitrogens with zero attached hydrogens (tertiary/aromatic N) is 2. The first-order valence-electron chi connectivity index (χ1n) is 5.37. The summed E-state index contributed by atoms with van der Waals surface area (Å²) < 4.78 is 1.66. The molecule has 1 aliphatic carbocycles. The summed E-state index contributed by atoms with van der Waals surface area (Å²) in [7, 11) is 1.82. The maximum absolute atomic E-state index is 11.9. The average molecular weight is 207 g/mol. The summed E-state index contributed by atoms with van der Waals surface area (Å²) in [5.41, 5.74) is 6.52. The molecule has 0 aliphatic heterocycles. The number of carbonyl (C=O) groups is 1. The molecule has 0 radical (unpaired) electrons. The highest BCUT2D eigenvalue weighted by Gasteiger charge is 2.37. The lowest BCUT2D eigenvalue weighted by molar-refractivity contribution is 0.0786. The minimum absolute atomic E-state index is 0.0902. The van der Waals surface area contributed by atoms with Crippen LogP contribution < -0.4 is 5.73 Å². The van der Waals surface area contributed by atoms with Crippen LogP contribution in [0.3, 0.4) is 0 Å². The second kappa shape index (κ2) is 3.77. The third kappa shape index (κ3) is 1.95. The fourth-order valence-electron chi connectivity index (χ4n) is 2.14. The van der Waals surface area contributed by atoms with E-state index >= 15 is 0 Å². The Hall–Kier alpha value is -1.16. The van der Waals surface area contributed by atoms with E-state index in [-0.39, 0.29) is 11.2 Å². The molecule has 1 saturated carbocycles. The molecule has 0 spiro atoms. The topological polar surface area (TPSA) is 60.9 Å². The predicted molar refractivity (Wildman–Crippen MR) is 57.5 cm³/mol. The summed E-state index contributed by atoms with van der Waals surface area (Å²) in [4.78, 5) is 11.9. The molecule has 2 N–H and O–H groups in total. The molecule has 0 aromatic carbocycles. The Kier molecular flexibility index (Phi) is 2.61. The third-order valence-corrected chi connectivity index (χ3v) is 3.41. The van der Waals surface area contributed by atoms with Gasteiger partial charge in [0.2, 0.25) is 0 Å². The minimum Gasteiger partial charge on any atom is -0.330 e. The molecule has 1 aromatic rings. The number of rotatable bonds is 4. The third-order valence-electron chi connectivity index (χ3n) is 3.41. The quantitative estimate of drug-likeness (QED) is 0.753. The second-order valence-corrected chi connectivity index (χ2v) is 4.56. The molecule has 82 valence electrons. The van der Waals surface area contributed by atoms with Gasteiger partial charge in [-0.25, -0.2) is 0 Å². The Balaban J connectivity index is 2.03. The lowest BCUT2D eigenvalue weighted by Crippen LogP contribution is -2.39. The average Bonchev–Trinajstić information content (AvgIpc) is 2.58. The molecule has 0 unspecified atom stereocenters. The normalized spacial score (nSPS) is 18.5. The van der Waals surface area contributed by atoms with Gasteiger partial charge in [-0.05, 0) is 24.8 Å². The zero-order valence-corrected chi connectivity index (χ0v) is 9.07. The van der Waals surface area contributed by atoms with E-state index in [1.807, 2.05) is 7.05 Å². The Morgan fingerprint density at radius 1 is 1.67 bits per heavy atom. The molecule has 15 heavy (non-hydrogen) atoms. The molecule has 1 fully saturated rings. The van der Waals surface area contributed by atoms with Gasteiger partial charge in [-0.2, -0.15) is 5.10 Å². The summed E-state index contributed by atoms with van der Waals surface area (Å²) in [5, 5.41) is 4.00. The lowest BCUT2D eigenvalue weighted by atomic mass is 9.65. The Morgan fingerprint density at radius 3 is 2.80 bits per heavy atom. The number of carbonyl (C=O) groups excluding carboxylic acids is 1. The highest BCUT2D eigenvalue weighted by atomic mass is 16.1. The largest absolute Gasteiger partial charge is 0.330 e. The molecular weight excluding hydrogens is 190 g/mol. The van der Waals surface area contributed by atoms with Gasteiger partial charge < -0.3 is 5.73 Å². The molecule has 1 aliphatic rings. The van der Waals surface area contributed by atoms with E-state index in [0.29, 0.717) is 18.5 Å². The van der Waals surface area contributed by atoms with Gasteiger partial charge in [0, 0.05) is 19.7 Å². The van der Waals surface area contributed by atoms with E-state index in [9.17, 15) is 4.79 Å². The first kappa shape index (κ1) is 10.4. The molecule has 4 nitrogen and oxygen atoms in total. The van der Waals surface area contributed by atoms with Gasteiger partial charge in [-0.3, -0.25) is 9.48 Å². The number of aryl methyl sites for hydroxylation is 1. The monoisotopic (exact) mass is 207 g/mol. The zero-order valence-electron chi connectivity index (χ0n) is 9.07. The van der Waals surface area contributed by atoms with Gasteiger partial charge in [-0.15, -0.1) is 0 Å². The summed E-state index contributed by atoms with van der Waals surface area (Å²) in [6, 6.07) is 0. The van der Waals surface area contributed by atoms with E-state index < -0.39 is 0 Å². The van der Waals surface area contributed by atoms with Crippen LogP contribution in [0.5, 0.6) is 0 Å². The molecule has 0 amide bonds. The van der Waals surface area contributed by atoms with E-state index in [2.05, 4.69) is 5.10 Å². The van der Waals surface area contributed by atoms with Crippen LogP contribution in [0, 0.1) is 5.41 Å². The van der Waals surface area contributed by atoms with Crippen molar-refractivity contribution in [1.29, 1.82) is 0 Å². The molecule has 1 heterocycles. The van der Waals surface area contributed by atoms with Gasteiger partial charge in [-0.1, -0.05) is 6.42 Å². The van der Waals surface area contributed by atoms with Crippen LogP contribution in [-0.2, 0) is 7.05 Å². The summed E-state index contributed by atoms with van der Waals surface area (Å²) in [6.45, 7) is 0.624. The summed E-state index contributed by atoms with van der Waals surface area (Å²) in [5.74, 6) is 0.174. The van der Waals surface area contributed by atoms with Gasteiger partial charge in [0.25, 0.3) is 0 Å². The van der Waals surface area contributed by atoms with Crippen molar-refractivity contribution < 1.29 is 4.79 Å². The van der Waals surface area contributed by atoms with E-state index in [0.717, 1.165) is 12.8 Å². The minimum atomic E-state index is 0.0902. The number of hydrogen-bond donors (Lipinski definition) is 1. The number of nitrogens with two attached hydrogens (primary N) is 1. The van der Waals surface area contributed by atoms with Crippen molar-refractivity contribution in [2.45, 2.75) is 25.7 Å². The Bertz CT molecular complexity index is 360. The Labute approximate surface area is 89.5 Å². The van der Waals surface area contributed by atoms with Crippen LogP contribution in [0.4, 0.5) is 0 Å². The number of hydrogen-bond acceptors (Lipinski definition) is 3. The molecule has 4 heteroatoms. The van der Waals surface area contributed by atoms with Gasteiger partial charge >= 0.3 is 0 Å². The van der Waals surface area contributed by atoms with Crippen molar-refractivity contribution in [1.82, 2.24) is 9.78 Å². The second-order valence-electron chi connectivity index (χ2n) is 4.56. The fraction of sp³-hybridized carbons (Fsp3) is 0.636. The lowest BCUT2D eigenvalue weighted by Gasteiger charge is -2.40. The first-order valence-corrected chi connectivity index (χ1v) is 5.37. The SMILES string of the molecule is Cn1cc(C(=O)CC2(CN)CCC2)cn1. The van der Waals surface area contributed by atoms with Crippen LogP contribution in [0.25, 0.3) is 0 Å². The van der Waals surface area contributed by atoms with Crippen molar-refractivity contribution in [2.75, 3.05) is 6.54 Å². The van der Waals surface area contributed by atoms with Gasteiger partial charge in [0.1, 0.15) is 0 Å². The van der Waals surface area contributed by atoms with Crippen molar-refractivity contribution in [3.63, 3.8) is 0 Å². The smallest absolute Gasteiger partial charge is 0.166 e. The van der Waals surface area contributed by atoms with Crippen LogP contribution in [-0.4, -0.2) is 22.1 Å². The zero-order chi connectivity index (χ0) is 10.9. The van der Waals surface area contributed by atoms with Crippen LogP contribution in [0.1, 0.15) is 36.0 Å². The molecule has 0 saturated heterocycles. The number of aromatic nitrogens is 2. The summed E-state index contributed by atoms with van der Waals surface area (Å²) >= 11 is 0.